The van der Waals surface area contributed by atoms with Gasteiger partial charge in [-0.25, -0.2) is 0 Å². The Morgan fingerprint density at radius 1 is 0.609 bits per heavy atom. The van der Waals surface area contributed by atoms with Crippen molar-refractivity contribution >= 4 is 0 Å². The summed E-state index contributed by atoms with van der Waals surface area (Å²) in [4.78, 5) is 0. The van der Waals surface area contributed by atoms with Gasteiger partial charge in [-0.2, -0.15) is 0 Å². The molecule has 0 aromatic heterocycles. The van der Waals surface area contributed by atoms with Gasteiger partial charge in [0.1, 0.15) is 0 Å². The Hall–Kier alpha value is 0.440. The summed E-state index contributed by atoms with van der Waals surface area (Å²) >= 11 is 0. The molecule has 0 unspecified atom stereocenters. The van der Waals surface area contributed by atoms with Gasteiger partial charge in [-0.1, -0.05) is 71.1 Å². The molecular formula is C21H42BrN. The van der Waals surface area contributed by atoms with Crippen LogP contribution in [0.25, 0.3) is 0 Å². The van der Waals surface area contributed by atoms with Crippen LogP contribution in [0.1, 0.15) is 103 Å². The lowest BCUT2D eigenvalue weighted by atomic mass is 9.85. The molecule has 3 heterocycles. The third-order valence-corrected chi connectivity index (χ3v) is 6.52. The second-order valence-corrected chi connectivity index (χ2v) is 8.36. The summed E-state index contributed by atoms with van der Waals surface area (Å²) in [7, 11) is 0. The van der Waals surface area contributed by atoms with Crippen LogP contribution in [0, 0.1) is 5.92 Å². The van der Waals surface area contributed by atoms with E-state index in [1.165, 1.54) is 127 Å². The average Bonchev–Trinajstić information content (AvgIpc) is 2.57. The fourth-order valence-electron chi connectivity index (χ4n) is 4.76. The fraction of sp³-hybridized carbons (Fsp3) is 1.00. The second-order valence-electron chi connectivity index (χ2n) is 8.36. The average molecular weight is 388 g/mol. The Kier molecular flexibility index (Phi) is 11.9. The molecule has 3 aliphatic rings. The van der Waals surface area contributed by atoms with Crippen molar-refractivity contribution in [3.63, 3.8) is 0 Å². The maximum Gasteiger partial charge on any atom is 0.0789 e. The Labute approximate surface area is 157 Å². The van der Waals surface area contributed by atoms with Crippen molar-refractivity contribution in [1.29, 1.82) is 0 Å². The molecule has 1 nitrogen and oxygen atoms in total. The van der Waals surface area contributed by atoms with Crippen molar-refractivity contribution < 1.29 is 21.5 Å². The largest absolute Gasteiger partial charge is 1.00 e. The van der Waals surface area contributed by atoms with Crippen molar-refractivity contribution in [1.82, 2.24) is 0 Å². The van der Waals surface area contributed by atoms with Crippen LogP contribution in [0.4, 0.5) is 0 Å². The molecule has 3 fully saturated rings. The Morgan fingerprint density at radius 2 is 1.00 bits per heavy atom. The summed E-state index contributed by atoms with van der Waals surface area (Å²) in [5, 5.41) is 0. The van der Waals surface area contributed by atoms with Crippen LogP contribution in [-0.4, -0.2) is 30.7 Å². The number of fused-ring (bicyclic) bond motifs is 3. The third kappa shape index (κ3) is 8.38. The third-order valence-electron chi connectivity index (χ3n) is 6.52. The number of unbranched alkanes of at least 4 members (excludes halogenated alkanes) is 11. The first kappa shape index (κ1) is 21.5. The molecule has 3 saturated heterocycles. The van der Waals surface area contributed by atoms with Crippen molar-refractivity contribution in [3.05, 3.63) is 0 Å². The summed E-state index contributed by atoms with van der Waals surface area (Å²) < 4.78 is 1.51. The molecule has 0 aromatic carbocycles. The molecule has 0 radical (unpaired) electrons. The summed E-state index contributed by atoms with van der Waals surface area (Å²) in [6.07, 6.45) is 22.4. The predicted octanol–water partition coefficient (Wildman–Crippen LogP) is 3.32. The second kappa shape index (κ2) is 12.8. The molecule has 0 amide bonds. The van der Waals surface area contributed by atoms with Crippen molar-refractivity contribution in [2.24, 2.45) is 5.92 Å². The summed E-state index contributed by atoms with van der Waals surface area (Å²) in [5.74, 6) is 1.11. The predicted molar refractivity (Wildman–Crippen MR) is 98.1 cm³/mol. The fourth-order valence-corrected chi connectivity index (χ4v) is 4.76. The van der Waals surface area contributed by atoms with Gasteiger partial charge in [-0.05, 0) is 38.0 Å². The van der Waals surface area contributed by atoms with E-state index in [-0.39, 0.29) is 17.0 Å². The van der Waals surface area contributed by atoms with Gasteiger partial charge in [-0.3, -0.25) is 0 Å². The summed E-state index contributed by atoms with van der Waals surface area (Å²) in [6.45, 7) is 8.36. The van der Waals surface area contributed by atoms with Gasteiger partial charge >= 0.3 is 0 Å². The lowest BCUT2D eigenvalue weighted by molar-refractivity contribution is -0.942. The zero-order valence-electron chi connectivity index (χ0n) is 15.8. The van der Waals surface area contributed by atoms with E-state index in [0.717, 1.165) is 5.92 Å². The molecule has 2 bridgehead atoms. The monoisotopic (exact) mass is 387 g/mol. The first-order valence-electron chi connectivity index (χ1n) is 10.7. The Balaban J connectivity index is 0.00000264. The van der Waals surface area contributed by atoms with Crippen LogP contribution in [0.5, 0.6) is 0 Å². The number of rotatable bonds is 13. The van der Waals surface area contributed by atoms with Gasteiger partial charge in [0.05, 0.1) is 26.2 Å². The van der Waals surface area contributed by atoms with E-state index in [2.05, 4.69) is 6.92 Å². The normalized spacial score (nSPS) is 26.2. The highest BCUT2D eigenvalue weighted by molar-refractivity contribution is 4.71. The molecule has 0 aromatic rings. The van der Waals surface area contributed by atoms with Crippen LogP contribution in [0.2, 0.25) is 0 Å². The molecular weight excluding hydrogens is 346 g/mol. The van der Waals surface area contributed by atoms with Gasteiger partial charge in [-0.15, -0.1) is 0 Å². The zero-order chi connectivity index (χ0) is 15.5. The van der Waals surface area contributed by atoms with Crippen molar-refractivity contribution in [2.75, 3.05) is 26.2 Å². The highest BCUT2D eigenvalue weighted by Crippen LogP contribution is 2.33. The SMILES string of the molecule is CCCCCCCCCCCCCC[N+]12CCC(CC1)CC2.[Br-]. The van der Waals surface area contributed by atoms with Crippen LogP contribution >= 0.6 is 0 Å². The van der Waals surface area contributed by atoms with Gasteiger partial charge < -0.3 is 21.5 Å². The number of nitrogens with zero attached hydrogens (tertiary/aromatic N) is 1. The number of hydrogen-bond donors (Lipinski definition) is 0. The van der Waals surface area contributed by atoms with E-state index in [9.17, 15) is 0 Å². The first-order valence-corrected chi connectivity index (χ1v) is 10.7. The quantitative estimate of drug-likeness (QED) is 0.335. The molecule has 138 valence electrons. The van der Waals surface area contributed by atoms with Gasteiger partial charge in [0.15, 0.2) is 0 Å². The van der Waals surface area contributed by atoms with Crippen LogP contribution in [0.3, 0.4) is 0 Å². The van der Waals surface area contributed by atoms with Crippen molar-refractivity contribution in [3.8, 4) is 0 Å². The first-order chi connectivity index (χ1) is 10.8. The van der Waals surface area contributed by atoms with E-state index in [1.807, 2.05) is 0 Å². The number of piperidine rings is 3. The Bertz CT molecular complexity index is 257. The number of quaternary nitrogens is 1. The standard InChI is InChI=1S/C21H42N.BrH/c1-2-3-4-5-6-7-8-9-10-11-12-13-17-22-18-14-21(15-19-22)16-20-22;/h21H,2-20H2,1H3;1H/q+1;/p-1. The highest BCUT2D eigenvalue weighted by Gasteiger charge is 2.38. The lowest BCUT2D eigenvalue weighted by Crippen LogP contribution is -3.00. The minimum absolute atomic E-state index is 0. The van der Waals surface area contributed by atoms with E-state index in [1.54, 1.807) is 0 Å². The smallest absolute Gasteiger partial charge is 0.0789 e. The maximum absolute atomic E-state index is 2.30. The summed E-state index contributed by atoms with van der Waals surface area (Å²) in [5.41, 5.74) is 0. The van der Waals surface area contributed by atoms with Crippen LogP contribution in [0.15, 0.2) is 0 Å². The molecule has 23 heavy (non-hydrogen) atoms. The van der Waals surface area contributed by atoms with Crippen LogP contribution in [-0.2, 0) is 0 Å². The molecule has 0 aliphatic carbocycles. The molecule has 3 aliphatic heterocycles. The number of hydrogen-bond acceptors (Lipinski definition) is 0. The summed E-state index contributed by atoms with van der Waals surface area (Å²) in [6, 6.07) is 0. The maximum atomic E-state index is 2.30. The van der Waals surface area contributed by atoms with Crippen LogP contribution < -0.4 is 17.0 Å². The number of halogens is 1. The van der Waals surface area contributed by atoms with E-state index >= 15 is 0 Å². The topological polar surface area (TPSA) is 0 Å². The minimum atomic E-state index is 0. The zero-order valence-corrected chi connectivity index (χ0v) is 17.4. The minimum Gasteiger partial charge on any atom is -1.00 e. The Morgan fingerprint density at radius 3 is 1.43 bits per heavy atom. The molecule has 0 spiro atoms. The van der Waals surface area contributed by atoms with E-state index < -0.39 is 0 Å². The van der Waals surface area contributed by atoms with Gasteiger partial charge in [0.25, 0.3) is 0 Å². The molecule has 0 atom stereocenters. The molecule has 0 saturated carbocycles. The molecule has 2 heteroatoms. The molecule has 3 rings (SSSR count). The molecule has 0 N–H and O–H groups in total. The van der Waals surface area contributed by atoms with E-state index in [4.69, 9.17) is 0 Å². The van der Waals surface area contributed by atoms with E-state index in [0.29, 0.717) is 0 Å². The van der Waals surface area contributed by atoms with Crippen molar-refractivity contribution in [2.45, 2.75) is 103 Å². The van der Waals surface area contributed by atoms with Gasteiger partial charge in [0, 0.05) is 0 Å². The lowest BCUT2D eigenvalue weighted by Gasteiger charge is -2.49. The van der Waals surface area contributed by atoms with Gasteiger partial charge in [0.2, 0.25) is 0 Å². The highest BCUT2D eigenvalue weighted by atomic mass is 79.9.